The first-order valence-corrected chi connectivity index (χ1v) is 14.9. The van der Waals surface area contributed by atoms with E-state index in [2.05, 4.69) is 5.32 Å². The number of hydrogen-bond acceptors (Lipinski definition) is 4. The Hall–Kier alpha value is -3.92. The van der Waals surface area contributed by atoms with Gasteiger partial charge in [-0.15, -0.1) is 0 Å². The van der Waals surface area contributed by atoms with Crippen molar-refractivity contribution in [3.63, 3.8) is 0 Å². The summed E-state index contributed by atoms with van der Waals surface area (Å²) in [4.78, 5) is 40.7. The van der Waals surface area contributed by atoms with Gasteiger partial charge in [-0.3, -0.25) is 19.3 Å². The quantitative estimate of drug-likeness (QED) is 0.269. The van der Waals surface area contributed by atoms with E-state index >= 15 is 4.39 Å². The molecule has 1 saturated heterocycles. The number of aryl methyl sites for hydroxylation is 3. The molecule has 0 aliphatic carbocycles. The van der Waals surface area contributed by atoms with E-state index in [1.807, 2.05) is 50.8 Å². The van der Waals surface area contributed by atoms with Crippen molar-refractivity contribution in [3.05, 3.63) is 92.4 Å². The number of carboxylic acids is 1. The van der Waals surface area contributed by atoms with Crippen LogP contribution >= 0.6 is 0 Å². The minimum absolute atomic E-state index is 0.00898. The number of carboxylic acid groups (broad SMARTS) is 1. The molecule has 236 valence electrons. The molecule has 1 fully saturated rings. The van der Waals surface area contributed by atoms with Gasteiger partial charge in [0.25, 0.3) is 5.56 Å². The van der Waals surface area contributed by atoms with Crippen LogP contribution in [0.25, 0.3) is 11.1 Å². The number of nitrogens with one attached hydrogen (secondary N) is 1. The molecule has 2 unspecified atom stereocenters. The average Bonchev–Trinajstić information content (AvgIpc) is 2.92. The van der Waals surface area contributed by atoms with Gasteiger partial charge in [0.2, 0.25) is 5.91 Å². The first kappa shape index (κ1) is 33.0. The number of aliphatic carboxylic acids is 1. The second-order valence-electron chi connectivity index (χ2n) is 12.3. The summed E-state index contributed by atoms with van der Waals surface area (Å²) in [5.41, 5.74) is 3.26. The summed E-state index contributed by atoms with van der Waals surface area (Å²) in [6.45, 7) is 10.2. The van der Waals surface area contributed by atoms with Gasteiger partial charge in [-0.2, -0.15) is 0 Å². The highest BCUT2D eigenvalue weighted by Crippen LogP contribution is 2.33. The summed E-state index contributed by atoms with van der Waals surface area (Å²) >= 11 is 0. The lowest BCUT2D eigenvalue weighted by atomic mass is 9.90. The molecule has 7 nitrogen and oxygen atoms in total. The van der Waals surface area contributed by atoms with Crippen LogP contribution in [0.5, 0.6) is 0 Å². The summed E-state index contributed by atoms with van der Waals surface area (Å²) in [6, 6.07) is 7.71. The molecule has 0 saturated carbocycles. The summed E-state index contributed by atoms with van der Waals surface area (Å²) in [6.07, 6.45) is 0.434. The molecule has 0 bridgehead atoms. The van der Waals surface area contributed by atoms with Crippen LogP contribution < -0.4 is 10.9 Å². The Balaban J connectivity index is 1.71. The number of carbonyl (C=O) groups excluding carboxylic acids is 1. The van der Waals surface area contributed by atoms with E-state index in [0.717, 1.165) is 27.3 Å². The van der Waals surface area contributed by atoms with Gasteiger partial charge in [0.1, 0.15) is 18.0 Å². The Morgan fingerprint density at radius 2 is 1.70 bits per heavy atom. The number of benzene rings is 2. The Morgan fingerprint density at radius 3 is 2.30 bits per heavy atom. The van der Waals surface area contributed by atoms with E-state index in [1.165, 1.54) is 6.20 Å². The molecule has 1 aromatic heterocycles. The molecule has 4 rings (SSSR count). The van der Waals surface area contributed by atoms with Crippen LogP contribution in [-0.4, -0.2) is 52.3 Å². The normalized spacial score (nSPS) is 15.2. The van der Waals surface area contributed by atoms with Crippen molar-refractivity contribution in [1.29, 1.82) is 0 Å². The van der Waals surface area contributed by atoms with Crippen LogP contribution in [0.2, 0.25) is 0 Å². The highest BCUT2D eigenvalue weighted by Gasteiger charge is 2.30. The smallest absolute Gasteiger partial charge is 0.305 e. The maximum absolute atomic E-state index is 15.7. The average molecular weight is 612 g/mol. The standard InChI is InChI=1S/C34H40F3N3O4/c1-19(2)11-29(40-16-23(13-27(36)34(40)44)9-10-39-17-25(35)18-39)33(43)38-28(15-30(41)42)26-14-24(12-22(5)32(26)37)31-20(3)7-6-8-21(31)4/h6-8,12-14,16,19,25,28-29H,9-11,15,17-18H2,1-5H3,(H,38,43)(H,41,42). The molecule has 2 aromatic carbocycles. The molecule has 1 amide bonds. The molecule has 2 atom stereocenters. The summed E-state index contributed by atoms with van der Waals surface area (Å²) in [5.74, 6) is -3.74. The van der Waals surface area contributed by atoms with Gasteiger partial charge in [-0.05, 0) is 91.1 Å². The largest absolute Gasteiger partial charge is 0.481 e. The number of hydrogen-bond donors (Lipinski definition) is 2. The van der Waals surface area contributed by atoms with E-state index in [-0.39, 0.29) is 23.5 Å². The predicted molar refractivity (Wildman–Crippen MR) is 163 cm³/mol. The molecule has 10 heteroatoms. The molecule has 2 N–H and O–H groups in total. The van der Waals surface area contributed by atoms with Gasteiger partial charge >= 0.3 is 5.97 Å². The maximum atomic E-state index is 15.7. The molecule has 44 heavy (non-hydrogen) atoms. The van der Waals surface area contributed by atoms with Crippen LogP contribution in [0.4, 0.5) is 13.2 Å². The van der Waals surface area contributed by atoms with E-state index in [1.54, 1.807) is 19.1 Å². The van der Waals surface area contributed by atoms with Crippen molar-refractivity contribution in [2.75, 3.05) is 19.6 Å². The molecule has 0 spiro atoms. The lowest BCUT2D eigenvalue weighted by molar-refractivity contribution is -0.138. The van der Waals surface area contributed by atoms with Crippen molar-refractivity contribution >= 4 is 11.9 Å². The van der Waals surface area contributed by atoms with Crippen LogP contribution in [-0.2, 0) is 16.0 Å². The fourth-order valence-corrected chi connectivity index (χ4v) is 5.91. The molecular formula is C34H40F3N3O4. The van der Waals surface area contributed by atoms with Gasteiger partial charge in [-0.25, -0.2) is 13.2 Å². The molecule has 1 aliphatic rings. The summed E-state index contributed by atoms with van der Waals surface area (Å²) in [5, 5.41) is 12.4. The predicted octanol–water partition coefficient (Wildman–Crippen LogP) is 5.83. The van der Waals surface area contributed by atoms with Crippen molar-refractivity contribution in [1.82, 2.24) is 14.8 Å². The minimum atomic E-state index is -1.26. The number of carbonyl (C=O) groups is 2. The monoisotopic (exact) mass is 611 g/mol. The molecule has 1 aliphatic heterocycles. The number of pyridine rings is 1. The van der Waals surface area contributed by atoms with Crippen LogP contribution in [0.3, 0.4) is 0 Å². The minimum Gasteiger partial charge on any atom is -0.481 e. The van der Waals surface area contributed by atoms with Crippen LogP contribution in [0, 0.1) is 38.3 Å². The van der Waals surface area contributed by atoms with E-state index in [9.17, 15) is 28.3 Å². The SMILES string of the molecule is Cc1cc(-c2c(C)cccc2C)cc(C(CC(=O)O)NC(=O)C(CC(C)C)n2cc(CCN3CC(F)C3)cc(F)c2=O)c1F. The Morgan fingerprint density at radius 1 is 1.05 bits per heavy atom. The number of nitrogens with zero attached hydrogens (tertiary/aromatic N) is 2. The van der Waals surface area contributed by atoms with Crippen molar-refractivity contribution < 1.29 is 27.9 Å². The van der Waals surface area contributed by atoms with Crippen molar-refractivity contribution in [2.45, 2.75) is 72.1 Å². The van der Waals surface area contributed by atoms with Gasteiger partial charge in [0.15, 0.2) is 5.82 Å². The third-order valence-electron chi connectivity index (χ3n) is 8.14. The topological polar surface area (TPSA) is 91.6 Å². The molecular weight excluding hydrogens is 571 g/mol. The maximum Gasteiger partial charge on any atom is 0.305 e. The summed E-state index contributed by atoms with van der Waals surface area (Å²) < 4.78 is 44.8. The fraction of sp³-hybridized carbons (Fsp3) is 0.441. The fourth-order valence-electron chi connectivity index (χ4n) is 5.91. The number of alkyl halides is 1. The van der Waals surface area contributed by atoms with Crippen molar-refractivity contribution in [2.24, 2.45) is 5.92 Å². The third-order valence-corrected chi connectivity index (χ3v) is 8.14. The lowest BCUT2D eigenvalue weighted by Gasteiger charge is -2.34. The lowest BCUT2D eigenvalue weighted by Crippen LogP contribution is -2.49. The zero-order valence-electron chi connectivity index (χ0n) is 25.8. The molecule has 0 radical (unpaired) electrons. The number of halogens is 3. The van der Waals surface area contributed by atoms with Crippen LogP contribution in [0.1, 0.15) is 66.6 Å². The third kappa shape index (κ3) is 7.59. The molecule has 3 aromatic rings. The second kappa shape index (κ2) is 13.8. The van der Waals surface area contributed by atoms with Gasteiger partial charge in [-0.1, -0.05) is 32.0 Å². The first-order chi connectivity index (χ1) is 20.7. The van der Waals surface area contributed by atoms with E-state index in [4.69, 9.17) is 0 Å². The number of rotatable bonds is 12. The Labute approximate surface area is 255 Å². The Kier molecular flexibility index (Phi) is 10.3. The van der Waals surface area contributed by atoms with E-state index < -0.39 is 53.7 Å². The van der Waals surface area contributed by atoms with E-state index in [0.29, 0.717) is 37.2 Å². The van der Waals surface area contributed by atoms with Gasteiger partial charge in [0, 0.05) is 31.4 Å². The van der Waals surface area contributed by atoms with Crippen LogP contribution in [0.15, 0.2) is 47.4 Å². The van der Waals surface area contributed by atoms with Gasteiger partial charge in [0.05, 0.1) is 12.5 Å². The van der Waals surface area contributed by atoms with Crippen molar-refractivity contribution in [3.8, 4) is 11.1 Å². The summed E-state index contributed by atoms with van der Waals surface area (Å²) in [7, 11) is 0. The molecule has 2 heterocycles. The second-order valence-corrected chi connectivity index (χ2v) is 12.3. The number of aromatic nitrogens is 1. The zero-order chi connectivity index (χ0) is 32.3. The Bertz CT molecular complexity index is 1580. The first-order valence-electron chi connectivity index (χ1n) is 14.9. The number of likely N-dealkylation sites (tertiary alicyclic amines) is 1. The highest BCUT2D eigenvalue weighted by atomic mass is 19.1. The highest BCUT2D eigenvalue weighted by molar-refractivity contribution is 5.82. The van der Waals surface area contributed by atoms with Gasteiger partial charge < -0.3 is 15.0 Å². The zero-order valence-corrected chi connectivity index (χ0v) is 25.8. The number of amides is 1.